The number of aromatic nitrogens is 3. The van der Waals surface area contributed by atoms with E-state index in [0.717, 1.165) is 28.5 Å². The van der Waals surface area contributed by atoms with Gasteiger partial charge in [0.1, 0.15) is 23.9 Å². The van der Waals surface area contributed by atoms with Gasteiger partial charge in [-0.3, -0.25) is 9.38 Å². The lowest BCUT2D eigenvalue weighted by atomic mass is 10.1. The summed E-state index contributed by atoms with van der Waals surface area (Å²) in [5.41, 5.74) is 2.36. The Balaban J connectivity index is 1.75. The first-order valence-corrected chi connectivity index (χ1v) is 8.63. The van der Waals surface area contributed by atoms with Gasteiger partial charge in [0.2, 0.25) is 0 Å². The lowest BCUT2D eigenvalue weighted by Crippen LogP contribution is -2.03. The standard InChI is InChI=1S/C21H18N4O3/c1-3-10-28-17-7-6-15(12-18(17)26-2)20-21(23-13-16-5-4-11-27-16)25-9-8-22-14-19(25)24-20/h1,4-9,11-12,14,23H,10,13H2,2H3. The zero-order chi connectivity index (χ0) is 19.3. The summed E-state index contributed by atoms with van der Waals surface area (Å²) in [5, 5.41) is 3.40. The quantitative estimate of drug-likeness (QED) is 0.498. The van der Waals surface area contributed by atoms with Crippen LogP contribution in [0.5, 0.6) is 11.5 Å². The highest BCUT2D eigenvalue weighted by Gasteiger charge is 2.16. The smallest absolute Gasteiger partial charge is 0.162 e. The molecule has 0 saturated carbocycles. The van der Waals surface area contributed by atoms with Crippen LogP contribution in [0.3, 0.4) is 0 Å². The normalized spacial score (nSPS) is 10.6. The third-order valence-corrected chi connectivity index (χ3v) is 4.19. The maximum Gasteiger partial charge on any atom is 0.162 e. The molecule has 4 rings (SSSR count). The van der Waals surface area contributed by atoms with E-state index < -0.39 is 0 Å². The number of furan rings is 1. The molecule has 3 heterocycles. The molecule has 0 saturated heterocycles. The maximum atomic E-state index is 5.53. The first-order valence-electron chi connectivity index (χ1n) is 8.63. The van der Waals surface area contributed by atoms with Crippen LogP contribution in [0.1, 0.15) is 5.76 Å². The van der Waals surface area contributed by atoms with Crippen LogP contribution >= 0.6 is 0 Å². The summed E-state index contributed by atoms with van der Waals surface area (Å²) in [4.78, 5) is 8.89. The van der Waals surface area contributed by atoms with Gasteiger partial charge in [-0.15, -0.1) is 6.42 Å². The fourth-order valence-corrected chi connectivity index (χ4v) is 2.91. The van der Waals surface area contributed by atoms with Crippen LogP contribution in [-0.4, -0.2) is 28.1 Å². The Morgan fingerprint density at radius 2 is 2.21 bits per heavy atom. The van der Waals surface area contributed by atoms with Crippen molar-refractivity contribution in [3.63, 3.8) is 0 Å². The molecule has 0 bridgehead atoms. The number of rotatable bonds is 7. The molecule has 0 unspecified atom stereocenters. The van der Waals surface area contributed by atoms with Crippen molar-refractivity contribution in [3.05, 3.63) is 60.9 Å². The van der Waals surface area contributed by atoms with E-state index in [9.17, 15) is 0 Å². The Bertz CT molecular complexity index is 1130. The summed E-state index contributed by atoms with van der Waals surface area (Å²) < 4.78 is 18.4. The molecule has 140 valence electrons. The molecule has 1 N–H and O–H groups in total. The summed E-state index contributed by atoms with van der Waals surface area (Å²) >= 11 is 0. The zero-order valence-corrected chi connectivity index (χ0v) is 15.3. The summed E-state index contributed by atoms with van der Waals surface area (Å²) in [6.45, 7) is 0.697. The molecular formula is C21H18N4O3. The van der Waals surface area contributed by atoms with E-state index in [1.165, 1.54) is 0 Å². The molecule has 0 aliphatic carbocycles. The predicted molar refractivity (Wildman–Crippen MR) is 105 cm³/mol. The number of imidazole rings is 1. The van der Waals surface area contributed by atoms with Crippen molar-refractivity contribution in [3.8, 4) is 35.1 Å². The van der Waals surface area contributed by atoms with E-state index in [0.29, 0.717) is 18.0 Å². The molecule has 0 aliphatic heterocycles. The van der Waals surface area contributed by atoms with Crippen LogP contribution in [0.25, 0.3) is 16.9 Å². The van der Waals surface area contributed by atoms with E-state index in [4.69, 9.17) is 25.3 Å². The van der Waals surface area contributed by atoms with Crippen molar-refractivity contribution in [1.29, 1.82) is 0 Å². The highest BCUT2D eigenvalue weighted by Crippen LogP contribution is 2.35. The largest absolute Gasteiger partial charge is 0.493 e. The molecule has 1 aromatic carbocycles. The molecule has 0 atom stereocenters. The second-order valence-corrected chi connectivity index (χ2v) is 5.90. The molecule has 3 aromatic heterocycles. The Morgan fingerprint density at radius 3 is 3.00 bits per heavy atom. The summed E-state index contributed by atoms with van der Waals surface area (Å²) in [6, 6.07) is 9.39. The number of anilines is 1. The van der Waals surface area contributed by atoms with E-state index >= 15 is 0 Å². The second-order valence-electron chi connectivity index (χ2n) is 5.90. The molecular weight excluding hydrogens is 356 g/mol. The fourth-order valence-electron chi connectivity index (χ4n) is 2.91. The monoisotopic (exact) mass is 374 g/mol. The minimum atomic E-state index is 0.172. The van der Waals surface area contributed by atoms with Crippen LogP contribution in [0.2, 0.25) is 0 Å². The number of hydrogen-bond acceptors (Lipinski definition) is 6. The van der Waals surface area contributed by atoms with Crippen LogP contribution in [0.15, 0.2) is 59.6 Å². The van der Waals surface area contributed by atoms with Gasteiger partial charge in [-0.25, -0.2) is 4.98 Å². The number of nitrogens with one attached hydrogen (secondary N) is 1. The zero-order valence-electron chi connectivity index (χ0n) is 15.3. The van der Waals surface area contributed by atoms with Gasteiger partial charge in [-0.1, -0.05) is 5.92 Å². The summed E-state index contributed by atoms with van der Waals surface area (Å²) in [7, 11) is 1.59. The third kappa shape index (κ3) is 3.35. The maximum absolute atomic E-state index is 5.53. The number of nitrogens with zero attached hydrogens (tertiary/aromatic N) is 3. The van der Waals surface area contributed by atoms with Crippen molar-refractivity contribution < 1.29 is 13.9 Å². The summed E-state index contributed by atoms with van der Waals surface area (Å²) in [6.07, 6.45) is 12.2. The van der Waals surface area contributed by atoms with Gasteiger partial charge in [0.25, 0.3) is 0 Å². The van der Waals surface area contributed by atoms with E-state index in [2.05, 4.69) is 16.2 Å². The van der Waals surface area contributed by atoms with Gasteiger partial charge in [0.15, 0.2) is 17.1 Å². The fraction of sp³-hybridized carbons (Fsp3) is 0.143. The van der Waals surface area contributed by atoms with Crippen LogP contribution < -0.4 is 14.8 Å². The number of ether oxygens (including phenoxy) is 2. The molecule has 7 nitrogen and oxygen atoms in total. The van der Waals surface area contributed by atoms with Gasteiger partial charge < -0.3 is 19.2 Å². The Kier molecular flexibility index (Phi) is 4.85. The Labute approximate surface area is 161 Å². The number of methoxy groups -OCH3 is 1. The SMILES string of the molecule is C#CCOc1ccc(-c2nc3cnccn3c2NCc2ccco2)cc1OC. The number of hydrogen-bond donors (Lipinski definition) is 1. The molecule has 0 amide bonds. The van der Waals surface area contributed by atoms with Gasteiger partial charge >= 0.3 is 0 Å². The summed E-state index contributed by atoms with van der Waals surface area (Å²) in [5.74, 6) is 5.27. The van der Waals surface area contributed by atoms with Crippen molar-refractivity contribution in [2.45, 2.75) is 6.54 Å². The second kappa shape index (κ2) is 7.76. The van der Waals surface area contributed by atoms with E-state index in [-0.39, 0.29) is 6.61 Å². The third-order valence-electron chi connectivity index (χ3n) is 4.19. The molecule has 7 heteroatoms. The van der Waals surface area contributed by atoms with Crippen molar-refractivity contribution >= 4 is 11.5 Å². The first-order chi connectivity index (χ1) is 13.8. The van der Waals surface area contributed by atoms with Gasteiger partial charge in [-0.05, 0) is 30.3 Å². The highest BCUT2D eigenvalue weighted by atomic mass is 16.5. The number of fused-ring (bicyclic) bond motifs is 1. The van der Waals surface area contributed by atoms with Gasteiger partial charge in [0, 0.05) is 18.0 Å². The first kappa shape index (κ1) is 17.5. The van der Waals surface area contributed by atoms with Crippen molar-refractivity contribution in [2.75, 3.05) is 19.0 Å². The molecule has 4 aromatic rings. The van der Waals surface area contributed by atoms with Crippen LogP contribution in [0.4, 0.5) is 5.82 Å². The van der Waals surface area contributed by atoms with Gasteiger partial charge in [0.05, 0.1) is 26.1 Å². The van der Waals surface area contributed by atoms with E-state index in [1.54, 1.807) is 25.8 Å². The van der Waals surface area contributed by atoms with Gasteiger partial charge in [-0.2, -0.15) is 0 Å². The van der Waals surface area contributed by atoms with Crippen molar-refractivity contribution in [1.82, 2.24) is 14.4 Å². The number of terminal acetylenes is 1. The van der Waals surface area contributed by atoms with Crippen LogP contribution in [0, 0.1) is 12.3 Å². The Morgan fingerprint density at radius 1 is 1.29 bits per heavy atom. The molecule has 0 aliphatic rings. The molecule has 0 spiro atoms. The minimum absolute atomic E-state index is 0.172. The number of benzene rings is 1. The highest BCUT2D eigenvalue weighted by molar-refractivity contribution is 5.77. The molecule has 0 fully saturated rings. The minimum Gasteiger partial charge on any atom is -0.493 e. The predicted octanol–water partition coefficient (Wildman–Crippen LogP) is 3.62. The van der Waals surface area contributed by atoms with E-state index in [1.807, 2.05) is 40.9 Å². The average molecular weight is 374 g/mol. The Hall–Kier alpha value is -3.92. The van der Waals surface area contributed by atoms with Crippen molar-refractivity contribution in [2.24, 2.45) is 0 Å². The molecule has 0 radical (unpaired) electrons. The van der Waals surface area contributed by atoms with Crippen LogP contribution in [-0.2, 0) is 6.54 Å². The molecule has 28 heavy (non-hydrogen) atoms. The lowest BCUT2D eigenvalue weighted by Gasteiger charge is -2.11. The lowest BCUT2D eigenvalue weighted by molar-refractivity contribution is 0.331. The topological polar surface area (TPSA) is 73.8 Å². The average Bonchev–Trinajstić information content (AvgIpc) is 3.38.